The van der Waals surface area contributed by atoms with E-state index >= 15 is 0 Å². The average Bonchev–Trinajstić information content (AvgIpc) is 2.60. The number of nitrogens with zero attached hydrogens (tertiary/aromatic N) is 1. The Bertz CT molecular complexity index is 753. The third-order valence-corrected chi connectivity index (χ3v) is 4.39. The van der Waals surface area contributed by atoms with Crippen molar-refractivity contribution in [2.75, 3.05) is 19.1 Å². The molecule has 2 aromatic rings. The van der Waals surface area contributed by atoms with E-state index < -0.39 is 0 Å². The molecule has 0 saturated heterocycles. The van der Waals surface area contributed by atoms with Crippen LogP contribution in [0.4, 0.5) is 10.1 Å². The number of rotatable bonds is 3. The van der Waals surface area contributed by atoms with E-state index in [0.29, 0.717) is 17.1 Å². The van der Waals surface area contributed by atoms with Gasteiger partial charge in [-0.15, -0.1) is 0 Å². The molecule has 5 heteroatoms. The summed E-state index contributed by atoms with van der Waals surface area (Å²) >= 11 is 0. The summed E-state index contributed by atoms with van der Waals surface area (Å²) in [5.74, 6) is 0.689. The van der Waals surface area contributed by atoms with Gasteiger partial charge in [-0.05, 0) is 55.7 Å². The van der Waals surface area contributed by atoms with Crippen molar-refractivity contribution in [1.82, 2.24) is 0 Å². The highest BCUT2D eigenvalue weighted by Gasteiger charge is 2.29. The summed E-state index contributed by atoms with van der Waals surface area (Å²) in [6.07, 6.45) is 1.56. The summed E-state index contributed by atoms with van der Waals surface area (Å²) in [6.45, 7) is 2.00. The summed E-state index contributed by atoms with van der Waals surface area (Å²) in [7, 11) is 3.09. The van der Waals surface area contributed by atoms with Gasteiger partial charge in [0.05, 0.1) is 14.2 Å². The molecular weight excluding hydrogens is 309 g/mol. The third kappa shape index (κ3) is 2.94. The van der Waals surface area contributed by atoms with Crippen molar-refractivity contribution >= 4 is 11.6 Å². The zero-order valence-corrected chi connectivity index (χ0v) is 14.0. The van der Waals surface area contributed by atoms with Gasteiger partial charge in [0.2, 0.25) is 0 Å². The van der Waals surface area contributed by atoms with Crippen LogP contribution in [0.15, 0.2) is 36.4 Å². The van der Waals surface area contributed by atoms with Gasteiger partial charge in [0.15, 0.2) is 0 Å². The number of fused-ring (bicyclic) bond motifs is 1. The molecule has 0 saturated carbocycles. The molecule has 0 fully saturated rings. The predicted octanol–water partition coefficient (Wildman–Crippen LogP) is 3.82. The molecule has 1 aliphatic rings. The Morgan fingerprint density at radius 3 is 2.42 bits per heavy atom. The maximum Gasteiger partial charge on any atom is 0.258 e. The fourth-order valence-corrected chi connectivity index (χ4v) is 3.10. The van der Waals surface area contributed by atoms with Gasteiger partial charge in [0, 0.05) is 23.4 Å². The van der Waals surface area contributed by atoms with Crippen LogP contribution < -0.4 is 14.4 Å². The lowest BCUT2D eigenvalue weighted by Gasteiger charge is -2.35. The standard InChI is InChI=1S/C19H20FNO3/c1-12-4-5-13-8-15(20)6-7-18(13)21(12)19(22)14-9-16(23-2)11-17(10-14)24-3/h6-12H,4-5H2,1-3H3/t12-/m1/s1. The number of carbonyl (C=O) groups excluding carboxylic acids is 1. The molecule has 0 aromatic heterocycles. The molecule has 0 radical (unpaired) electrons. The summed E-state index contributed by atoms with van der Waals surface area (Å²) in [5, 5.41) is 0. The highest BCUT2D eigenvalue weighted by atomic mass is 19.1. The highest BCUT2D eigenvalue weighted by Crippen LogP contribution is 2.33. The van der Waals surface area contributed by atoms with E-state index in [1.54, 1.807) is 43.4 Å². The van der Waals surface area contributed by atoms with E-state index in [1.807, 2.05) is 6.92 Å². The Hall–Kier alpha value is -2.56. The van der Waals surface area contributed by atoms with Crippen LogP contribution in [-0.4, -0.2) is 26.2 Å². The van der Waals surface area contributed by atoms with Gasteiger partial charge in [-0.25, -0.2) is 4.39 Å². The van der Waals surface area contributed by atoms with Gasteiger partial charge in [-0.2, -0.15) is 0 Å². The molecule has 4 nitrogen and oxygen atoms in total. The molecule has 24 heavy (non-hydrogen) atoms. The van der Waals surface area contributed by atoms with E-state index in [2.05, 4.69) is 0 Å². The minimum Gasteiger partial charge on any atom is -0.497 e. The number of ether oxygens (including phenoxy) is 2. The van der Waals surface area contributed by atoms with Crippen molar-refractivity contribution in [3.05, 3.63) is 53.3 Å². The topological polar surface area (TPSA) is 38.8 Å². The second kappa shape index (κ2) is 6.51. The number of benzene rings is 2. The summed E-state index contributed by atoms with van der Waals surface area (Å²) in [5.41, 5.74) is 2.11. The Kier molecular flexibility index (Phi) is 4.42. The second-order valence-electron chi connectivity index (χ2n) is 5.94. The lowest BCUT2D eigenvalue weighted by Crippen LogP contribution is -2.42. The fraction of sp³-hybridized carbons (Fsp3) is 0.316. The van der Waals surface area contributed by atoms with Crippen molar-refractivity contribution < 1.29 is 18.7 Å². The van der Waals surface area contributed by atoms with Crippen molar-refractivity contribution in [2.45, 2.75) is 25.8 Å². The second-order valence-corrected chi connectivity index (χ2v) is 5.94. The molecule has 3 rings (SSSR count). The average molecular weight is 329 g/mol. The maximum absolute atomic E-state index is 13.5. The maximum atomic E-state index is 13.5. The first-order chi connectivity index (χ1) is 11.5. The van der Waals surface area contributed by atoms with E-state index in [1.165, 1.54) is 12.1 Å². The first-order valence-electron chi connectivity index (χ1n) is 7.88. The molecule has 1 amide bonds. The molecule has 2 aromatic carbocycles. The van der Waals surface area contributed by atoms with Crippen LogP contribution in [-0.2, 0) is 6.42 Å². The number of halogens is 1. The van der Waals surface area contributed by atoms with Gasteiger partial charge in [0.25, 0.3) is 5.91 Å². The van der Waals surface area contributed by atoms with Crippen LogP contribution in [0.1, 0.15) is 29.3 Å². The number of methoxy groups -OCH3 is 2. The van der Waals surface area contributed by atoms with E-state index in [4.69, 9.17) is 9.47 Å². The zero-order chi connectivity index (χ0) is 17.3. The number of aryl methyl sites for hydroxylation is 1. The lowest BCUT2D eigenvalue weighted by molar-refractivity contribution is 0.0974. The van der Waals surface area contributed by atoms with Gasteiger partial charge in [-0.3, -0.25) is 4.79 Å². The monoisotopic (exact) mass is 329 g/mol. The number of hydrogen-bond acceptors (Lipinski definition) is 3. The van der Waals surface area contributed by atoms with Crippen LogP contribution in [0.5, 0.6) is 11.5 Å². The molecular formula is C19H20FNO3. The molecule has 1 aliphatic heterocycles. The minimum absolute atomic E-state index is 0.0349. The normalized spacial score (nSPS) is 16.5. The minimum atomic E-state index is -0.279. The fourth-order valence-electron chi connectivity index (χ4n) is 3.10. The summed E-state index contributed by atoms with van der Waals surface area (Å²) < 4.78 is 24.0. The van der Waals surface area contributed by atoms with Crippen LogP contribution in [0.2, 0.25) is 0 Å². The van der Waals surface area contributed by atoms with Crippen LogP contribution >= 0.6 is 0 Å². The Labute approximate surface area is 140 Å². The molecule has 0 N–H and O–H groups in total. The van der Waals surface area contributed by atoms with Crippen molar-refractivity contribution in [3.63, 3.8) is 0 Å². The van der Waals surface area contributed by atoms with Crippen molar-refractivity contribution in [3.8, 4) is 11.5 Å². The van der Waals surface area contributed by atoms with E-state index in [0.717, 1.165) is 24.1 Å². The van der Waals surface area contributed by atoms with Gasteiger partial charge in [-0.1, -0.05) is 0 Å². The summed E-state index contributed by atoms with van der Waals surface area (Å²) in [6, 6.07) is 9.71. The van der Waals surface area contributed by atoms with E-state index in [-0.39, 0.29) is 17.8 Å². The SMILES string of the molecule is COc1cc(OC)cc(C(=O)N2c3ccc(F)cc3CC[C@H]2C)c1. The molecule has 126 valence electrons. The number of anilines is 1. The number of carbonyl (C=O) groups is 1. The van der Waals surface area contributed by atoms with Gasteiger partial charge < -0.3 is 14.4 Å². The summed E-state index contributed by atoms with van der Waals surface area (Å²) in [4.78, 5) is 14.8. The largest absolute Gasteiger partial charge is 0.497 e. The predicted molar refractivity (Wildman–Crippen MR) is 90.5 cm³/mol. The van der Waals surface area contributed by atoms with Crippen molar-refractivity contribution in [1.29, 1.82) is 0 Å². The van der Waals surface area contributed by atoms with Gasteiger partial charge in [0.1, 0.15) is 17.3 Å². The molecule has 0 aliphatic carbocycles. The Balaban J connectivity index is 2.04. The molecule has 0 spiro atoms. The van der Waals surface area contributed by atoms with Crippen molar-refractivity contribution in [2.24, 2.45) is 0 Å². The highest BCUT2D eigenvalue weighted by molar-refractivity contribution is 6.07. The number of amides is 1. The third-order valence-electron chi connectivity index (χ3n) is 4.39. The molecule has 0 bridgehead atoms. The molecule has 0 unspecified atom stereocenters. The van der Waals surface area contributed by atoms with Crippen LogP contribution in [0.3, 0.4) is 0 Å². The van der Waals surface area contributed by atoms with Crippen LogP contribution in [0, 0.1) is 5.82 Å². The first kappa shape index (κ1) is 16.3. The molecule has 1 atom stereocenters. The first-order valence-corrected chi connectivity index (χ1v) is 7.88. The smallest absolute Gasteiger partial charge is 0.258 e. The zero-order valence-electron chi connectivity index (χ0n) is 14.0. The Morgan fingerprint density at radius 2 is 1.79 bits per heavy atom. The number of hydrogen-bond donors (Lipinski definition) is 0. The molecule has 1 heterocycles. The quantitative estimate of drug-likeness (QED) is 0.859. The van der Waals surface area contributed by atoms with Gasteiger partial charge >= 0.3 is 0 Å². The van der Waals surface area contributed by atoms with Crippen LogP contribution in [0.25, 0.3) is 0 Å². The van der Waals surface area contributed by atoms with E-state index in [9.17, 15) is 9.18 Å². The lowest BCUT2D eigenvalue weighted by atomic mass is 9.95. The Morgan fingerprint density at radius 1 is 1.12 bits per heavy atom.